The Morgan fingerprint density at radius 2 is 2.05 bits per heavy atom. The van der Waals surface area contributed by atoms with Crippen LogP contribution in [0.3, 0.4) is 0 Å². The van der Waals surface area contributed by atoms with Gasteiger partial charge in [0, 0.05) is 6.04 Å². The van der Waals surface area contributed by atoms with E-state index in [-0.39, 0.29) is 12.1 Å². The van der Waals surface area contributed by atoms with Gasteiger partial charge in [0.15, 0.2) is 0 Å². The number of ether oxygens (including phenoxy) is 1. The van der Waals surface area contributed by atoms with Gasteiger partial charge in [0.25, 0.3) is 0 Å². The minimum absolute atomic E-state index is 0.0213. The molecule has 0 amide bonds. The van der Waals surface area contributed by atoms with Gasteiger partial charge in [0.1, 0.15) is 11.9 Å². The second kappa shape index (κ2) is 6.08. The highest BCUT2D eigenvalue weighted by Crippen LogP contribution is 2.36. The Balaban J connectivity index is 1.85. The first-order valence-corrected chi connectivity index (χ1v) is 7.82. The second-order valence-corrected chi connectivity index (χ2v) is 6.08. The quantitative estimate of drug-likeness (QED) is 0.882. The van der Waals surface area contributed by atoms with Crippen LogP contribution >= 0.6 is 11.6 Å². The SMILES string of the molecule is C[C@@H](N)c1ccc(OC2CCCc3ccccc32)c(Cl)c1. The molecule has 0 bridgehead atoms. The lowest BCUT2D eigenvalue weighted by atomic mass is 9.89. The lowest BCUT2D eigenvalue weighted by Gasteiger charge is -2.26. The van der Waals surface area contributed by atoms with Crippen LogP contribution in [0, 0.1) is 0 Å². The van der Waals surface area contributed by atoms with Crippen molar-refractivity contribution in [2.45, 2.75) is 38.3 Å². The van der Waals surface area contributed by atoms with Crippen LogP contribution in [-0.4, -0.2) is 0 Å². The van der Waals surface area contributed by atoms with Crippen molar-refractivity contribution in [1.29, 1.82) is 0 Å². The minimum atomic E-state index is -0.0213. The molecule has 3 rings (SSSR count). The Bertz CT molecular complexity index is 639. The summed E-state index contributed by atoms with van der Waals surface area (Å²) in [5, 5.41) is 0.632. The molecule has 2 N–H and O–H groups in total. The molecule has 0 heterocycles. The van der Waals surface area contributed by atoms with Gasteiger partial charge < -0.3 is 10.5 Å². The normalized spacial score (nSPS) is 18.9. The molecule has 0 saturated heterocycles. The maximum atomic E-state index is 6.34. The van der Waals surface area contributed by atoms with Gasteiger partial charge in [-0.25, -0.2) is 0 Å². The summed E-state index contributed by atoms with van der Waals surface area (Å²) in [6.45, 7) is 1.95. The molecule has 1 unspecified atom stereocenters. The third-order valence-electron chi connectivity index (χ3n) is 4.07. The number of nitrogens with two attached hydrogens (primary N) is 1. The Hall–Kier alpha value is -1.51. The van der Waals surface area contributed by atoms with Gasteiger partial charge in [-0.05, 0) is 55.0 Å². The summed E-state index contributed by atoms with van der Waals surface area (Å²) in [6, 6.07) is 14.3. The monoisotopic (exact) mass is 301 g/mol. The van der Waals surface area contributed by atoms with Crippen molar-refractivity contribution < 1.29 is 4.74 Å². The van der Waals surface area contributed by atoms with Crippen molar-refractivity contribution in [1.82, 2.24) is 0 Å². The molecule has 2 aromatic rings. The van der Waals surface area contributed by atoms with Crippen molar-refractivity contribution in [3.8, 4) is 5.75 Å². The summed E-state index contributed by atoms with van der Waals surface area (Å²) in [5.74, 6) is 0.739. The van der Waals surface area contributed by atoms with Crippen LogP contribution < -0.4 is 10.5 Å². The van der Waals surface area contributed by atoms with E-state index < -0.39 is 0 Å². The summed E-state index contributed by atoms with van der Waals surface area (Å²) in [4.78, 5) is 0. The molecule has 110 valence electrons. The number of halogens is 1. The van der Waals surface area contributed by atoms with Gasteiger partial charge >= 0.3 is 0 Å². The molecule has 1 aliphatic carbocycles. The Morgan fingerprint density at radius 3 is 2.81 bits per heavy atom. The molecule has 1 aliphatic rings. The fourth-order valence-electron chi connectivity index (χ4n) is 2.88. The van der Waals surface area contributed by atoms with E-state index in [9.17, 15) is 0 Å². The van der Waals surface area contributed by atoms with E-state index in [1.165, 1.54) is 11.1 Å². The molecule has 0 aliphatic heterocycles. The molecule has 0 fully saturated rings. The van der Waals surface area contributed by atoms with Crippen LogP contribution in [0.25, 0.3) is 0 Å². The third kappa shape index (κ3) is 3.07. The van der Waals surface area contributed by atoms with Crippen molar-refractivity contribution in [2.24, 2.45) is 5.73 Å². The number of hydrogen-bond donors (Lipinski definition) is 1. The Morgan fingerprint density at radius 1 is 1.24 bits per heavy atom. The average Bonchev–Trinajstić information content (AvgIpc) is 2.49. The first kappa shape index (κ1) is 14.4. The van der Waals surface area contributed by atoms with Gasteiger partial charge in [0.2, 0.25) is 0 Å². The Labute approximate surface area is 130 Å². The average molecular weight is 302 g/mol. The van der Waals surface area contributed by atoms with E-state index in [2.05, 4.69) is 24.3 Å². The molecule has 0 radical (unpaired) electrons. The maximum Gasteiger partial charge on any atom is 0.138 e. The Kier molecular flexibility index (Phi) is 4.18. The fraction of sp³-hybridized carbons (Fsp3) is 0.333. The highest BCUT2D eigenvalue weighted by Gasteiger charge is 2.22. The largest absolute Gasteiger partial charge is 0.484 e. The third-order valence-corrected chi connectivity index (χ3v) is 4.36. The van der Waals surface area contributed by atoms with Crippen LogP contribution in [0.4, 0.5) is 0 Å². The summed E-state index contributed by atoms with van der Waals surface area (Å²) in [5.41, 5.74) is 9.58. The molecule has 0 aromatic heterocycles. The maximum absolute atomic E-state index is 6.34. The molecular formula is C18H20ClNO. The highest BCUT2D eigenvalue weighted by molar-refractivity contribution is 6.32. The van der Waals surface area contributed by atoms with Gasteiger partial charge in [0.05, 0.1) is 5.02 Å². The lowest BCUT2D eigenvalue weighted by molar-refractivity contribution is 0.183. The molecular weight excluding hydrogens is 282 g/mol. The predicted octanol–water partition coefficient (Wildman–Crippen LogP) is 4.82. The summed E-state index contributed by atoms with van der Waals surface area (Å²) < 4.78 is 6.17. The molecule has 0 saturated carbocycles. The molecule has 2 atom stereocenters. The van der Waals surface area contributed by atoms with E-state index >= 15 is 0 Å². The van der Waals surface area contributed by atoms with Crippen molar-refractivity contribution in [2.75, 3.05) is 0 Å². The summed E-state index contributed by atoms with van der Waals surface area (Å²) in [6.07, 6.45) is 3.40. The van der Waals surface area contributed by atoms with Crippen LogP contribution in [0.5, 0.6) is 5.75 Å². The zero-order valence-electron chi connectivity index (χ0n) is 12.2. The summed E-state index contributed by atoms with van der Waals surface area (Å²) in [7, 11) is 0. The van der Waals surface area contributed by atoms with E-state index in [0.717, 1.165) is 30.6 Å². The van der Waals surface area contributed by atoms with E-state index in [0.29, 0.717) is 5.02 Å². The molecule has 21 heavy (non-hydrogen) atoms. The van der Waals surface area contributed by atoms with Crippen molar-refractivity contribution in [3.63, 3.8) is 0 Å². The van der Waals surface area contributed by atoms with Crippen molar-refractivity contribution in [3.05, 3.63) is 64.2 Å². The zero-order valence-corrected chi connectivity index (χ0v) is 12.9. The topological polar surface area (TPSA) is 35.2 Å². The zero-order chi connectivity index (χ0) is 14.8. The van der Waals surface area contributed by atoms with E-state index in [1.54, 1.807) is 0 Å². The van der Waals surface area contributed by atoms with Gasteiger partial charge in [-0.3, -0.25) is 0 Å². The molecule has 2 aromatic carbocycles. The number of rotatable bonds is 3. The fourth-order valence-corrected chi connectivity index (χ4v) is 3.11. The first-order valence-electron chi connectivity index (χ1n) is 7.44. The lowest BCUT2D eigenvalue weighted by Crippen LogP contribution is -2.15. The predicted molar refractivity (Wildman–Crippen MR) is 86.8 cm³/mol. The van der Waals surface area contributed by atoms with Crippen molar-refractivity contribution >= 4 is 11.6 Å². The number of fused-ring (bicyclic) bond motifs is 1. The van der Waals surface area contributed by atoms with Gasteiger partial charge in [-0.1, -0.05) is 41.9 Å². The van der Waals surface area contributed by atoms with E-state index in [4.69, 9.17) is 22.1 Å². The first-order chi connectivity index (χ1) is 10.1. The molecule has 0 spiro atoms. The second-order valence-electron chi connectivity index (χ2n) is 5.68. The number of aryl methyl sites for hydroxylation is 1. The highest BCUT2D eigenvalue weighted by atomic mass is 35.5. The minimum Gasteiger partial charge on any atom is -0.484 e. The number of hydrogen-bond acceptors (Lipinski definition) is 2. The van der Waals surface area contributed by atoms with Crippen LogP contribution in [-0.2, 0) is 6.42 Å². The smallest absolute Gasteiger partial charge is 0.138 e. The van der Waals surface area contributed by atoms with Gasteiger partial charge in [-0.2, -0.15) is 0 Å². The molecule has 3 heteroatoms. The van der Waals surface area contributed by atoms with Gasteiger partial charge in [-0.15, -0.1) is 0 Å². The van der Waals surface area contributed by atoms with Crippen LogP contribution in [0.2, 0.25) is 5.02 Å². The summed E-state index contributed by atoms with van der Waals surface area (Å²) >= 11 is 6.34. The molecule has 2 nitrogen and oxygen atoms in total. The van der Waals surface area contributed by atoms with Crippen LogP contribution in [0.1, 0.15) is 48.6 Å². The van der Waals surface area contributed by atoms with Crippen LogP contribution in [0.15, 0.2) is 42.5 Å². The standard InChI is InChI=1S/C18H20ClNO/c1-12(20)14-9-10-18(16(19)11-14)21-17-8-4-6-13-5-2-3-7-15(13)17/h2-3,5,7,9-12,17H,4,6,8,20H2,1H3/t12-,17?/m1/s1. The van der Waals surface area contributed by atoms with E-state index in [1.807, 2.05) is 25.1 Å². The number of benzene rings is 2.